The minimum Gasteiger partial charge on any atom is -0.481 e. The van der Waals surface area contributed by atoms with E-state index in [-0.39, 0.29) is 17.7 Å². The maximum Gasteiger partial charge on any atom is 0.285 e. The molecule has 0 N–H and O–H groups in total. The van der Waals surface area contributed by atoms with Gasteiger partial charge in [-0.3, -0.25) is 4.90 Å². The highest BCUT2D eigenvalue weighted by atomic mass is 16.5. The lowest BCUT2D eigenvalue weighted by Gasteiger charge is -2.35. The van der Waals surface area contributed by atoms with Crippen LogP contribution in [0.3, 0.4) is 0 Å². The van der Waals surface area contributed by atoms with Gasteiger partial charge in [0.15, 0.2) is 0 Å². The van der Waals surface area contributed by atoms with Crippen LogP contribution in [0.4, 0.5) is 5.82 Å². The van der Waals surface area contributed by atoms with Crippen molar-refractivity contribution in [3.8, 4) is 5.88 Å². The normalized spacial score (nSPS) is 20.8. The molecule has 2 aliphatic heterocycles. The number of anilines is 1. The highest BCUT2D eigenvalue weighted by molar-refractivity contribution is 7.17. The van der Waals surface area contributed by atoms with Crippen LogP contribution in [0.5, 0.6) is 5.88 Å². The molecule has 6 nitrogen and oxygen atoms in total. The summed E-state index contributed by atoms with van der Waals surface area (Å²) in [6.45, 7) is 14.0. The molecule has 0 radical (unpaired) electrons. The van der Waals surface area contributed by atoms with Gasteiger partial charge in [-0.1, -0.05) is 26.0 Å². The summed E-state index contributed by atoms with van der Waals surface area (Å²) < 4.78 is 11.5. The quantitative estimate of drug-likeness (QED) is 0.708. The summed E-state index contributed by atoms with van der Waals surface area (Å²) in [5.74, 6) is 1.72. The molecule has 0 amide bonds. The van der Waals surface area contributed by atoms with Gasteiger partial charge in [-0.2, -0.15) is 0 Å². The van der Waals surface area contributed by atoms with E-state index in [1.165, 1.54) is 11.0 Å². The molecule has 4 heterocycles. The molecule has 0 unspecified atom stereocenters. The molecule has 2 aliphatic rings. The Morgan fingerprint density at radius 2 is 1.80 bits per heavy atom. The molecular weight excluding hydrogens is 374 g/mol. The van der Waals surface area contributed by atoms with Crippen LogP contribution in [0, 0.1) is 0 Å². The van der Waals surface area contributed by atoms with Crippen LogP contribution in [0.25, 0.3) is 0 Å². The Morgan fingerprint density at radius 3 is 2.33 bits per heavy atom. The fourth-order valence-electron chi connectivity index (χ4n) is 4.25. The Hall–Kier alpha value is -2.05. The van der Waals surface area contributed by atoms with Gasteiger partial charge >= 0.3 is 0 Å². The first kappa shape index (κ1) is 21.2. The summed E-state index contributed by atoms with van der Waals surface area (Å²) in [6.07, 6.45) is 3.91. The van der Waals surface area contributed by atoms with Gasteiger partial charge in [0.1, 0.15) is 13.0 Å². The largest absolute Gasteiger partial charge is 0.481 e. The highest BCUT2D eigenvalue weighted by Crippen LogP contribution is 2.45. The summed E-state index contributed by atoms with van der Waals surface area (Å²) in [5, 5.41) is 0.159. The lowest BCUT2D eigenvalue weighted by molar-refractivity contribution is 0.0881. The van der Waals surface area contributed by atoms with Gasteiger partial charge in [0.25, 0.3) is 6.81 Å². The smallest absolute Gasteiger partial charge is 0.285 e. The number of ether oxygens (including phenoxy) is 1. The van der Waals surface area contributed by atoms with Crippen LogP contribution in [-0.2, 0) is 11.2 Å². The molecule has 30 heavy (non-hydrogen) atoms. The molecule has 158 valence electrons. The molecule has 2 fully saturated rings. The minimum absolute atomic E-state index is 0.119. The molecule has 2 aromatic heterocycles. The van der Waals surface area contributed by atoms with Crippen molar-refractivity contribution >= 4 is 25.3 Å². The van der Waals surface area contributed by atoms with E-state index in [1.807, 2.05) is 18.5 Å². The Bertz CT molecular complexity index is 834. The van der Waals surface area contributed by atoms with Gasteiger partial charge in [-0.25, -0.2) is 9.97 Å². The molecule has 2 aromatic rings. The van der Waals surface area contributed by atoms with Crippen LogP contribution in [0.1, 0.15) is 33.3 Å². The van der Waals surface area contributed by atoms with Crippen LogP contribution in [0.15, 0.2) is 36.7 Å². The Kier molecular flexibility index (Phi) is 5.82. The second-order valence-electron chi connectivity index (χ2n) is 9.63. The summed E-state index contributed by atoms with van der Waals surface area (Å²) >= 11 is 0. The van der Waals surface area contributed by atoms with Gasteiger partial charge < -0.3 is 14.3 Å². The second-order valence-corrected chi connectivity index (χ2v) is 9.63. The van der Waals surface area contributed by atoms with E-state index in [0.717, 1.165) is 45.7 Å². The number of pyridine rings is 2. The number of rotatable bonds is 5. The molecule has 8 heteroatoms. The molecule has 0 bridgehead atoms. The lowest BCUT2D eigenvalue weighted by atomic mass is 9.23. The van der Waals surface area contributed by atoms with E-state index in [4.69, 9.17) is 14.4 Å². The number of hydrogen-bond donors (Lipinski definition) is 0. The standard InChI is InChI=1S/C22H32B2N4O2/c1-21(2)22(3,4)30-24(23-21)18-7-8-19(25-15-18)28-12-10-27(11-13-28)16-17-6-9-20(29-5)26-14-17/h6-9,14-15,23H,10-13,16H2,1-5H3. The zero-order valence-corrected chi connectivity index (χ0v) is 18.9. The number of piperazine rings is 1. The minimum atomic E-state index is -0.119. The van der Waals surface area contributed by atoms with Crippen LogP contribution >= 0.6 is 0 Å². The average Bonchev–Trinajstić information content (AvgIpc) is 2.96. The maximum atomic E-state index is 6.35. The van der Waals surface area contributed by atoms with E-state index in [1.54, 1.807) is 7.11 Å². The monoisotopic (exact) mass is 406 g/mol. The molecule has 2 saturated heterocycles. The van der Waals surface area contributed by atoms with E-state index >= 15 is 0 Å². The van der Waals surface area contributed by atoms with E-state index in [0.29, 0.717) is 5.88 Å². The van der Waals surface area contributed by atoms with Crippen molar-refractivity contribution in [2.75, 3.05) is 38.2 Å². The Labute approximate surface area is 181 Å². The van der Waals surface area contributed by atoms with Crippen LogP contribution in [0.2, 0.25) is 5.31 Å². The number of aromatic nitrogens is 2. The number of nitrogens with zero attached hydrogens (tertiary/aromatic N) is 4. The zero-order chi connectivity index (χ0) is 21.4. The first-order chi connectivity index (χ1) is 14.3. The number of hydrogen-bond acceptors (Lipinski definition) is 6. The van der Waals surface area contributed by atoms with Crippen molar-refractivity contribution < 1.29 is 9.39 Å². The third-order valence-electron chi connectivity index (χ3n) is 7.01. The van der Waals surface area contributed by atoms with Crippen molar-refractivity contribution in [3.63, 3.8) is 0 Å². The summed E-state index contributed by atoms with van der Waals surface area (Å²) in [5.41, 5.74) is 2.28. The maximum absolute atomic E-state index is 6.35. The summed E-state index contributed by atoms with van der Waals surface area (Å²) in [6, 6.07) is 8.36. The molecule has 0 saturated carbocycles. The van der Waals surface area contributed by atoms with Gasteiger partial charge in [0.05, 0.1) is 7.11 Å². The number of methoxy groups -OCH3 is 1. The summed E-state index contributed by atoms with van der Waals surface area (Å²) in [4.78, 5) is 13.9. The average molecular weight is 406 g/mol. The molecule has 0 aliphatic carbocycles. The summed E-state index contributed by atoms with van der Waals surface area (Å²) in [7, 11) is 2.67. The fourth-order valence-corrected chi connectivity index (χ4v) is 4.25. The highest BCUT2D eigenvalue weighted by Gasteiger charge is 2.50. The predicted molar refractivity (Wildman–Crippen MR) is 124 cm³/mol. The van der Waals surface area contributed by atoms with Crippen molar-refractivity contribution in [1.82, 2.24) is 14.9 Å². The second kappa shape index (κ2) is 8.23. The molecule has 0 atom stereocenters. The Morgan fingerprint density at radius 1 is 1.03 bits per heavy atom. The molecule has 4 rings (SSSR count). The van der Waals surface area contributed by atoms with E-state index in [2.05, 4.69) is 60.7 Å². The van der Waals surface area contributed by atoms with Gasteiger partial charge in [-0.05, 0) is 36.3 Å². The van der Waals surface area contributed by atoms with Gasteiger partial charge in [-0.15, -0.1) is 0 Å². The SMILES string of the molecule is COc1ccc(CN2CCN(c3ccc(B4BC(C)(C)C(C)(C)O4)cn3)CC2)cn1. The van der Waals surface area contributed by atoms with Crippen molar-refractivity contribution in [3.05, 3.63) is 42.2 Å². The molecular formula is C22H32B2N4O2. The lowest BCUT2D eigenvalue weighted by Crippen LogP contribution is -2.46. The first-order valence-corrected chi connectivity index (χ1v) is 10.9. The van der Waals surface area contributed by atoms with E-state index in [9.17, 15) is 0 Å². The van der Waals surface area contributed by atoms with Crippen molar-refractivity contribution in [2.24, 2.45) is 0 Å². The third kappa shape index (κ3) is 4.35. The van der Waals surface area contributed by atoms with Crippen molar-refractivity contribution in [1.29, 1.82) is 0 Å². The van der Waals surface area contributed by atoms with Crippen molar-refractivity contribution in [2.45, 2.75) is 45.2 Å². The van der Waals surface area contributed by atoms with Crippen LogP contribution in [-0.4, -0.2) is 67.7 Å². The Balaban J connectivity index is 1.32. The zero-order valence-electron chi connectivity index (χ0n) is 18.9. The first-order valence-electron chi connectivity index (χ1n) is 10.9. The van der Waals surface area contributed by atoms with Gasteiger partial charge in [0, 0.05) is 56.8 Å². The molecule has 0 aromatic carbocycles. The predicted octanol–water partition coefficient (Wildman–Crippen LogP) is 1.95. The van der Waals surface area contributed by atoms with Gasteiger partial charge in [0.2, 0.25) is 5.88 Å². The fraction of sp³-hybridized carbons (Fsp3) is 0.545. The molecule has 0 spiro atoms. The third-order valence-corrected chi connectivity index (χ3v) is 7.01. The van der Waals surface area contributed by atoms with E-state index < -0.39 is 0 Å². The van der Waals surface area contributed by atoms with Crippen LogP contribution < -0.4 is 15.1 Å². The topological polar surface area (TPSA) is 50.7 Å².